The Kier molecular flexibility index (Phi) is 5.34. The molecule has 1 heterocycles. The summed E-state index contributed by atoms with van der Waals surface area (Å²) in [7, 11) is -1.80. The van der Waals surface area contributed by atoms with Crippen LogP contribution in [0, 0.1) is 5.41 Å². The molecule has 1 saturated heterocycles. The summed E-state index contributed by atoms with van der Waals surface area (Å²) >= 11 is 0. The van der Waals surface area contributed by atoms with E-state index in [4.69, 9.17) is 4.74 Å². The second-order valence-electron chi connectivity index (χ2n) is 6.03. The number of carbonyl (C=O) groups excluding carboxylic acids is 1. The highest BCUT2D eigenvalue weighted by atomic mass is 32.2. The lowest BCUT2D eigenvalue weighted by atomic mass is 9.94. The van der Waals surface area contributed by atoms with Gasteiger partial charge in [-0.3, -0.25) is 4.79 Å². The summed E-state index contributed by atoms with van der Waals surface area (Å²) in [6.45, 7) is 6.96. The van der Waals surface area contributed by atoms with Crippen molar-refractivity contribution in [3.8, 4) is 0 Å². The van der Waals surface area contributed by atoms with Crippen molar-refractivity contribution in [1.29, 1.82) is 0 Å². The first-order valence-corrected chi connectivity index (χ1v) is 8.01. The highest BCUT2D eigenvalue weighted by Crippen LogP contribution is 2.21. The molecule has 1 rings (SSSR count). The molecule has 19 heavy (non-hydrogen) atoms. The van der Waals surface area contributed by atoms with Gasteiger partial charge in [0.1, 0.15) is 0 Å². The number of hydrogen-bond donors (Lipinski definition) is 0. The van der Waals surface area contributed by atoms with Gasteiger partial charge in [-0.05, 0) is 11.8 Å². The normalized spacial score (nSPS) is 18.3. The molecule has 1 fully saturated rings. The van der Waals surface area contributed by atoms with Gasteiger partial charge in [-0.15, -0.1) is 0 Å². The molecular weight excluding hydrogens is 268 g/mol. The summed E-state index contributed by atoms with van der Waals surface area (Å²) < 4.78 is 30.5. The molecule has 1 aliphatic rings. The molecule has 112 valence electrons. The number of ether oxygens (including phenoxy) is 1. The SMILES string of the molecule is COCCN1CN(S(=O)(=O)CCC(C)(C)C)CC1=O. The maximum Gasteiger partial charge on any atom is 0.239 e. The fourth-order valence-electron chi connectivity index (χ4n) is 1.72. The van der Waals surface area contributed by atoms with E-state index in [1.165, 1.54) is 9.21 Å². The minimum atomic E-state index is -3.35. The zero-order valence-corrected chi connectivity index (χ0v) is 13.0. The van der Waals surface area contributed by atoms with E-state index in [2.05, 4.69) is 0 Å². The molecule has 0 aromatic heterocycles. The van der Waals surface area contributed by atoms with Crippen molar-refractivity contribution < 1.29 is 17.9 Å². The molecule has 6 nitrogen and oxygen atoms in total. The van der Waals surface area contributed by atoms with E-state index in [0.29, 0.717) is 19.6 Å². The van der Waals surface area contributed by atoms with E-state index in [0.717, 1.165) is 0 Å². The average Bonchev–Trinajstić information content (AvgIpc) is 2.65. The van der Waals surface area contributed by atoms with Crippen LogP contribution in [0.5, 0.6) is 0 Å². The minimum Gasteiger partial charge on any atom is -0.383 e. The van der Waals surface area contributed by atoms with Gasteiger partial charge in [-0.1, -0.05) is 20.8 Å². The van der Waals surface area contributed by atoms with Crippen LogP contribution in [0.1, 0.15) is 27.2 Å². The van der Waals surface area contributed by atoms with Crippen molar-refractivity contribution in [2.75, 3.05) is 39.2 Å². The fourth-order valence-corrected chi connectivity index (χ4v) is 3.47. The predicted molar refractivity (Wildman–Crippen MR) is 73.0 cm³/mol. The molecule has 0 aromatic rings. The summed E-state index contributed by atoms with van der Waals surface area (Å²) in [5.41, 5.74) is -0.0352. The zero-order valence-electron chi connectivity index (χ0n) is 12.2. The zero-order chi connectivity index (χ0) is 14.7. The van der Waals surface area contributed by atoms with Crippen LogP contribution in [0.3, 0.4) is 0 Å². The number of carbonyl (C=O) groups is 1. The van der Waals surface area contributed by atoms with Crippen molar-refractivity contribution in [2.45, 2.75) is 27.2 Å². The Morgan fingerprint density at radius 1 is 1.32 bits per heavy atom. The molecule has 1 aliphatic heterocycles. The lowest BCUT2D eigenvalue weighted by molar-refractivity contribution is -0.127. The van der Waals surface area contributed by atoms with Gasteiger partial charge in [0.25, 0.3) is 0 Å². The Balaban J connectivity index is 2.59. The highest BCUT2D eigenvalue weighted by Gasteiger charge is 2.35. The van der Waals surface area contributed by atoms with Crippen LogP contribution in [0.15, 0.2) is 0 Å². The van der Waals surface area contributed by atoms with E-state index in [9.17, 15) is 13.2 Å². The first kappa shape index (κ1) is 16.4. The van der Waals surface area contributed by atoms with Gasteiger partial charge >= 0.3 is 0 Å². The molecule has 0 unspecified atom stereocenters. The van der Waals surface area contributed by atoms with Gasteiger partial charge in [0.05, 0.1) is 25.6 Å². The maximum atomic E-state index is 12.2. The van der Waals surface area contributed by atoms with Crippen LogP contribution < -0.4 is 0 Å². The number of hydrogen-bond acceptors (Lipinski definition) is 4. The van der Waals surface area contributed by atoms with Gasteiger partial charge in [0.2, 0.25) is 15.9 Å². The van der Waals surface area contributed by atoms with Crippen LogP contribution in [-0.4, -0.2) is 62.8 Å². The standard InChI is InChI=1S/C12H24N2O4S/c1-12(2,3)5-8-19(16,17)14-9-11(15)13(10-14)6-7-18-4/h5-10H2,1-4H3. The van der Waals surface area contributed by atoms with Gasteiger partial charge in [-0.2, -0.15) is 4.31 Å². The van der Waals surface area contributed by atoms with E-state index in [-0.39, 0.29) is 30.3 Å². The molecule has 7 heteroatoms. The number of methoxy groups -OCH3 is 1. The van der Waals surface area contributed by atoms with Gasteiger partial charge in [0, 0.05) is 13.7 Å². The van der Waals surface area contributed by atoms with E-state index in [1.807, 2.05) is 20.8 Å². The maximum absolute atomic E-state index is 12.2. The van der Waals surface area contributed by atoms with E-state index >= 15 is 0 Å². The smallest absolute Gasteiger partial charge is 0.239 e. The molecule has 0 saturated carbocycles. The third kappa shape index (κ3) is 5.08. The quantitative estimate of drug-likeness (QED) is 0.715. The molecule has 1 amide bonds. The molecular formula is C12H24N2O4S. The molecule has 0 spiro atoms. The highest BCUT2D eigenvalue weighted by molar-refractivity contribution is 7.89. The molecule has 0 aromatic carbocycles. The van der Waals surface area contributed by atoms with Crippen molar-refractivity contribution in [3.63, 3.8) is 0 Å². The molecule has 0 N–H and O–H groups in total. The lowest BCUT2D eigenvalue weighted by Gasteiger charge is -2.21. The fraction of sp³-hybridized carbons (Fsp3) is 0.917. The minimum absolute atomic E-state index is 0.0352. The Morgan fingerprint density at radius 3 is 2.47 bits per heavy atom. The first-order valence-electron chi connectivity index (χ1n) is 6.40. The Morgan fingerprint density at radius 2 is 1.95 bits per heavy atom. The number of amides is 1. The van der Waals surface area contributed by atoms with Crippen molar-refractivity contribution in [1.82, 2.24) is 9.21 Å². The predicted octanol–water partition coefficient (Wildman–Crippen LogP) is 0.501. The summed E-state index contributed by atoms with van der Waals surface area (Å²) in [6.07, 6.45) is 0.581. The molecule has 0 aliphatic carbocycles. The summed E-state index contributed by atoms with van der Waals surface area (Å²) in [5.74, 6) is -0.0709. The van der Waals surface area contributed by atoms with Crippen molar-refractivity contribution in [2.24, 2.45) is 5.41 Å². The van der Waals surface area contributed by atoms with E-state index < -0.39 is 10.0 Å². The molecule has 0 bridgehead atoms. The van der Waals surface area contributed by atoms with Crippen LogP contribution in [0.4, 0.5) is 0 Å². The number of nitrogens with zero attached hydrogens (tertiary/aromatic N) is 2. The number of rotatable bonds is 6. The Hall–Kier alpha value is -0.660. The van der Waals surface area contributed by atoms with E-state index in [1.54, 1.807) is 7.11 Å². The topological polar surface area (TPSA) is 66.9 Å². The second-order valence-corrected chi connectivity index (χ2v) is 8.12. The third-order valence-electron chi connectivity index (χ3n) is 3.06. The monoisotopic (exact) mass is 292 g/mol. The largest absolute Gasteiger partial charge is 0.383 e. The van der Waals surface area contributed by atoms with Gasteiger partial charge < -0.3 is 9.64 Å². The van der Waals surface area contributed by atoms with Gasteiger partial charge in [-0.25, -0.2) is 8.42 Å². The molecule has 0 atom stereocenters. The summed E-state index contributed by atoms with van der Waals surface area (Å²) in [4.78, 5) is 13.2. The van der Waals surface area contributed by atoms with Crippen LogP contribution in [0.25, 0.3) is 0 Å². The van der Waals surface area contributed by atoms with Crippen LogP contribution in [-0.2, 0) is 19.6 Å². The van der Waals surface area contributed by atoms with Crippen LogP contribution >= 0.6 is 0 Å². The summed E-state index contributed by atoms with van der Waals surface area (Å²) in [6, 6.07) is 0. The Labute approximate surface area is 115 Å². The van der Waals surface area contributed by atoms with Crippen molar-refractivity contribution in [3.05, 3.63) is 0 Å². The summed E-state index contributed by atoms with van der Waals surface area (Å²) in [5, 5.41) is 0. The molecule has 0 radical (unpaired) electrons. The third-order valence-corrected chi connectivity index (χ3v) is 4.81. The Bertz CT molecular complexity index is 414. The van der Waals surface area contributed by atoms with Crippen LogP contribution in [0.2, 0.25) is 0 Å². The second kappa shape index (κ2) is 6.19. The van der Waals surface area contributed by atoms with Crippen molar-refractivity contribution >= 4 is 15.9 Å². The van der Waals surface area contributed by atoms with Gasteiger partial charge in [0.15, 0.2) is 0 Å². The number of sulfonamides is 1. The average molecular weight is 292 g/mol. The first-order chi connectivity index (χ1) is 8.65. The lowest BCUT2D eigenvalue weighted by Crippen LogP contribution is -2.34.